The third-order valence-corrected chi connectivity index (χ3v) is 4.50. The molecule has 1 saturated heterocycles. The van der Waals surface area contributed by atoms with Crippen LogP contribution in [0.2, 0.25) is 0 Å². The molecule has 1 heterocycles. The van der Waals surface area contributed by atoms with Crippen molar-refractivity contribution in [3.8, 4) is 0 Å². The summed E-state index contributed by atoms with van der Waals surface area (Å²) in [5.41, 5.74) is 0.625. The van der Waals surface area contributed by atoms with Crippen LogP contribution in [0.4, 0.5) is 0 Å². The lowest BCUT2D eigenvalue weighted by molar-refractivity contribution is -0.161. The Hall–Kier alpha value is -2.41. The molecule has 30 heavy (non-hydrogen) atoms. The van der Waals surface area contributed by atoms with Crippen LogP contribution in [-0.2, 0) is 30.4 Å². The minimum atomic E-state index is -0.511. The largest absolute Gasteiger partial charge is 0.471 e. The van der Waals surface area contributed by atoms with Crippen LogP contribution in [0.3, 0.4) is 0 Å². The molecule has 1 aromatic carbocycles. The fourth-order valence-corrected chi connectivity index (χ4v) is 3.41. The summed E-state index contributed by atoms with van der Waals surface area (Å²) in [7, 11) is 1.31. The first-order valence-electron chi connectivity index (χ1n) is 10.4. The highest BCUT2D eigenvalue weighted by molar-refractivity contribution is 5.79. The molecule has 2 unspecified atom stereocenters. The normalized spacial score (nSPS) is 18.9. The predicted molar refractivity (Wildman–Crippen MR) is 116 cm³/mol. The SMILES string of the molecule is CC(C)NC(=O)CC1CCC(C(=O)OC(C)(C)C)N1Cc1ccccc1.COC=O. The molecule has 1 aromatic rings. The summed E-state index contributed by atoms with van der Waals surface area (Å²) in [5, 5.41) is 2.95. The van der Waals surface area contributed by atoms with Gasteiger partial charge in [-0.1, -0.05) is 30.3 Å². The Balaban J connectivity index is 0.00000103. The molecule has 0 aromatic heterocycles. The van der Waals surface area contributed by atoms with E-state index in [1.165, 1.54) is 7.11 Å². The quantitative estimate of drug-likeness (QED) is 0.539. The third kappa shape index (κ3) is 9.39. The fourth-order valence-electron chi connectivity index (χ4n) is 3.41. The zero-order chi connectivity index (χ0) is 22.7. The molecule has 1 N–H and O–H groups in total. The summed E-state index contributed by atoms with van der Waals surface area (Å²) in [4.78, 5) is 36.1. The van der Waals surface area contributed by atoms with Crippen LogP contribution in [0.1, 0.15) is 59.4 Å². The number of nitrogens with one attached hydrogen (secondary N) is 1. The van der Waals surface area contributed by atoms with Gasteiger partial charge in [0.05, 0.1) is 7.11 Å². The number of hydrogen-bond acceptors (Lipinski definition) is 6. The monoisotopic (exact) mass is 420 g/mol. The minimum Gasteiger partial charge on any atom is -0.471 e. The van der Waals surface area contributed by atoms with Gasteiger partial charge in [0.15, 0.2) is 0 Å². The molecule has 1 amide bonds. The molecule has 0 bridgehead atoms. The van der Waals surface area contributed by atoms with E-state index in [4.69, 9.17) is 9.53 Å². The van der Waals surface area contributed by atoms with Crippen molar-refractivity contribution in [2.24, 2.45) is 0 Å². The summed E-state index contributed by atoms with van der Waals surface area (Å²) < 4.78 is 9.49. The Kier molecular flexibility index (Phi) is 10.5. The van der Waals surface area contributed by atoms with E-state index >= 15 is 0 Å². The van der Waals surface area contributed by atoms with Crippen molar-refractivity contribution < 1.29 is 23.9 Å². The van der Waals surface area contributed by atoms with Crippen LogP contribution in [0, 0.1) is 0 Å². The Labute approximate surface area is 180 Å². The Morgan fingerprint density at radius 3 is 2.30 bits per heavy atom. The van der Waals surface area contributed by atoms with Gasteiger partial charge < -0.3 is 14.8 Å². The van der Waals surface area contributed by atoms with Crippen molar-refractivity contribution in [3.05, 3.63) is 35.9 Å². The van der Waals surface area contributed by atoms with E-state index in [-0.39, 0.29) is 30.0 Å². The fraction of sp³-hybridized carbons (Fsp3) is 0.609. The van der Waals surface area contributed by atoms with Gasteiger partial charge in [-0.25, -0.2) is 0 Å². The van der Waals surface area contributed by atoms with Crippen LogP contribution in [0.5, 0.6) is 0 Å². The summed E-state index contributed by atoms with van der Waals surface area (Å²) >= 11 is 0. The molecule has 0 saturated carbocycles. The Bertz CT molecular complexity index is 670. The number of hydrogen-bond donors (Lipinski definition) is 1. The van der Waals surface area contributed by atoms with Gasteiger partial charge in [-0.3, -0.25) is 19.3 Å². The number of benzene rings is 1. The van der Waals surface area contributed by atoms with E-state index in [1.807, 2.05) is 52.8 Å². The van der Waals surface area contributed by atoms with Crippen molar-refractivity contribution >= 4 is 18.3 Å². The number of likely N-dealkylation sites (tertiary alicyclic amines) is 1. The number of amides is 1. The maximum Gasteiger partial charge on any atom is 0.323 e. The number of nitrogens with zero attached hydrogens (tertiary/aromatic N) is 1. The van der Waals surface area contributed by atoms with Crippen molar-refractivity contribution in [2.75, 3.05) is 7.11 Å². The first-order chi connectivity index (χ1) is 14.1. The number of esters is 1. The molecule has 0 spiro atoms. The second-order valence-electron chi connectivity index (χ2n) is 8.70. The molecule has 1 aliphatic rings. The van der Waals surface area contributed by atoms with Gasteiger partial charge in [-0.15, -0.1) is 0 Å². The summed E-state index contributed by atoms with van der Waals surface area (Å²) in [6, 6.07) is 9.94. The van der Waals surface area contributed by atoms with E-state index in [0.29, 0.717) is 19.4 Å². The van der Waals surface area contributed by atoms with E-state index in [9.17, 15) is 9.59 Å². The predicted octanol–water partition coefficient (Wildman–Crippen LogP) is 3.07. The molecule has 0 radical (unpaired) electrons. The van der Waals surface area contributed by atoms with E-state index in [2.05, 4.69) is 27.1 Å². The molecule has 2 atom stereocenters. The molecular formula is C23H36N2O5. The molecule has 168 valence electrons. The smallest absolute Gasteiger partial charge is 0.323 e. The van der Waals surface area contributed by atoms with Gasteiger partial charge in [0, 0.05) is 25.0 Å². The highest BCUT2D eigenvalue weighted by atomic mass is 16.6. The summed E-state index contributed by atoms with van der Waals surface area (Å²) in [5.74, 6) is -0.159. The van der Waals surface area contributed by atoms with Gasteiger partial charge in [-0.05, 0) is 53.0 Å². The Morgan fingerprint density at radius 2 is 1.80 bits per heavy atom. The zero-order valence-corrected chi connectivity index (χ0v) is 19.0. The highest BCUT2D eigenvalue weighted by Gasteiger charge is 2.40. The van der Waals surface area contributed by atoms with Gasteiger partial charge in [0.1, 0.15) is 11.6 Å². The van der Waals surface area contributed by atoms with Crippen molar-refractivity contribution in [1.29, 1.82) is 0 Å². The lowest BCUT2D eigenvalue weighted by Gasteiger charge is -2.31. The number of carbonyl (C=O) groups excluding carboxylic acids is 3. The van der Waals surface area contributed by atoms with Crippen LogP contribution >= 0.6 is 0 Å². The average Bonchev–Trinajstić information content (AvgIpc) is 3.03. The minimum absolute atomic E-state index is 0.0351. The molecule has 7 nitrogen and oxygen atoms in total. The van der Waals surface area contributed by atoms with Crippen molar-refractivity contribution in [2.45, 2.75) is 84.2 Å². The molecule has 1 aliphatic heterocycles. The van der Waals surface area contributed by atoms with Crippen LogP contribution < -0.4 is 5.32 Å². The molecule has 2 rings (SSSR count). The first-order valence-corrected chi connectivity index (χ1v) is 10.4. The number of carbonyl (C=O) groups is 3. The molecule has 1 fully saturated rings. The second kappa shape index (κ2) is 12.3. The van der Waals surface area contributed by atoms with Crippen LogP contribution in [0.25, 0.3) is 0 Å². The zero-order valence-electron chi connectivity index (χ0n) is 19.0. The van der Waals surface area contributed by atoms with Gasteiger partial charge in [0.2, 0.25) is 5.91 Å². The molecule has 7 heteroatoms. The van der Waals surface area contributed by atoms with E-state index in [0.717, 1.165) is 18.4 Å². The van der Waals surface area contributed by atoms with Crippen LogP contribution in [0.15, 0.2) is 30.3 Å². The molecule has 0 aliphatic carbocycles. The van der Waals surface area contributed by atoms with Gasteiger partial charge >= 0.3 is 5.97 Å². The molecular weight excluding hydrogens is 384 g/mol. The van der Waals surface area contributed by atoms with Crippen molar-refractivity contribution in [1.82, 2.24) is 10.2 Å². The lowest BCUT2D eigenvalue weighted by Crippen LogP contribution is -2.45. The maximum absolute atomic E-state index is 12.7. The topological polar surface area (TPSA) is 84.9 Å². The second-order valence-corrected chi connectivity index (χ2v) is 8.70. The van der Waals surface area contributed by atoms with Gasteiger partial charge in [-0.2, -0.15) is 0 Å². The van der Waals surface area contributed by atoms with E-state index < -0.39 is 5.60 Å². The third-order valence-electron chi connectivity index (χ3n) is 4.50. The van der Waals surface area contributed by atoms with Crippen LogP contribution in [-0.4, -0.2) is 54.1 Å². The summed E-state index contributed by atoms with van der Waals surface area (Å²) in [6.07, 6.45) is 1.95. The number of rotatable bonds is 7. The van der Waals surface area contributed by atoms with E-state index in [1.54, 1.807) is 0 Å². The van der Waals surface area contributed by atoms with Gasteiger partial charge in [0.25, 0.3) is 6.47 Å². The number of ether oxygens (including phenoxy) is 2. The standard InChI is InChI=1S/C21H32N2O3.C2H4O2/c1-15(2)22-19(24)13-17-11-12-18(20(25)26-21(3,4)5)23(17)14-16-9-7-6-8-10-16;1-4-2-3/h6-10,15,17-18H,11-14H2,1-5H3,(H,22,24);2H,1H3. The summed E-state index contributed by atoms with van der Waals surface area (Å²) in [6.45, 7) is 10.6. The Morgan fingerprint density at radius 1 is 1.20 bits per heavy atom. The number of methoxy groups -OCH3 is 1. The van der Waals surface area contributed by atoms with Crippen molar-refractivity contribution in [3.63, 3.8) is 0 Å². The lowest BCUT2D eigenvalue weighted by atomic mass is 10.1. The first kappa shape index (κ1) is 25.6. The highest BCUT2D eigenvalue weighted by Crippen LogP contribution is 2.30. The maximum atomic E-state index is 12.7. The average molecular weight is 421 g/mol.